The van der Waals surface area contributed by atoms with E-state index in [1.807, 2.05) is 18.3 Å². The molecule has 3 N–H and O–H groups in total. The van der Waals surface area contributed by atoms with Gasteiger partial charge in [-0.05, 0) is 47.8 Å². The highest BCUT2D eigenvalue weighted by Gasteiger charge is 2.39. The van der Waals surface area contributed by atoms with Crippen LogP contribution >= 0.6 is 15.9 Å². The van der Waals surface area contributed by atoms with Crippen LogP contribution in [0.5, 0.6) is 0 Å². The van der Waals surface area contributed by atoms with E-state index in [9.17, 15) is 0 Å². The number of nitrogens with zero attached hydrogens (tertiary/aromatic N) is 1. The van der Waals surface area contributed by atoms with Crippen LogP contribution in [0.25, 0.3) is 0 Å². The maximum Gasteiger partial charge on any atom is 0.0851 e. The largest absolute Gasteiger partial charge is 0.374 e. The molecule has 1 aliphatic carbocycles. The second-order valence-corrected chi connectivity index (χ2v) is 6.72. The lowest BCUT2D eigenvalue weighted by molar-refractivity contribution is -0.0770. The number of hydrogen-bond acceptors (Lipinski definition) is 4. The Balaban J connectivity index is 2.16. The van der Waals surface area contributed by atoms with Gasteiger partial charge < -0.3 is 4.74 Å². The van der Waals surface area contributed by atoms with Gasteiger partial charge in [-0.1, -0.05) is 25.7 Å². The molecular formula is C16H26BrN3O. The van der Waals surface area contributed by atoms with E-state index in [0.717, 1.165) is 36.0 Å². The van der Waals surface area contributed by atoms with Gasteiger partial charge in [-0.15, -0.1) is 0 Å². The van der Waals surface area contributed by atoms with Gasteiger partial charge in [0.2, 0.25) is 0 Å². The summed E-state index contributed by atoms with van der Waals surface area (Å²) in [5.74, 6) is 5.88. The third kappa shape index (κ3) is 4.49. The highest BCUT2D eigenvalue weighted by Crippen LogP contribution is 2.34. The lowest BCUT2D eigenvalue weighted by atomic mass is 9.83. The third-order valence-corrected chi connectivity index (χ3v) is 4.89. The highest BCUT2D eigenvalue weighted by atomic mass is 79.9. The van der Waals surface area contributed by atoms with Crippen LogP contribution in [-0.2, 0) is 11.2 Å². The molecule has 0 aliphatic heterocycles. The molecular weight excluding hydrogens is 330 g/mol. The van der Waals surface area contributed by atoms with Crippen LogP contribution < -0.4 is 11.3 Å². The van der Waals surface area contributed by atoms with Gasteiger partial charge in [0, 0.05) is 29.4 Å². The van der Waals surface area contributed by atoms with Crippen LogP contribution in [-0.4, -0.2) is 23.2 Å². The Labute approximate surface area is 136 Å². The minimum Gasteiger partial charge on any atom is -0.374 e. The molecule has 1 heterocycles. The molecule has 1 aliphatic rings. The fourth-order valence-electron chi connectivity index (χ4n) is 3.34. The zero-order chi connectivity index (χ0) is 15.1. The molecule has 1 aromatic rings. The van der Waals surface area contributed by atoms with Gasteiger partial charge in [-0.25, -0.2) is 0 Å². The zero-order valence-electron chi connectivity index (χ0n) is 12.8. The number of ether oxygens (including phenoxy) is 1. The standard InChI is InChI=1S/C16H26BrN3O/c1-2-21-16(9-5-3-4-6-10-16)15(20-18)11-14-8-7-13(17)12-19-14/h7-8,12,15,20H,2-6,9-11,18H2,1H3. The minimum atomic E-state index is -0.158. The molecule has 0 saturated heterocycles. The molecule has 0 aromatic carbocycles. The van der Waals surface area contributed by atoms with Gasteiger partial charge in [0.05, 0.1) is 11.6 Å². The van der Waals surface area contributed by atoms with Crippen molar-refractivity contribution in [3.63, 3.8) is 0 Å². The summed E-state index contributed by atoms with van der Waals surface area (Å²) in [6.45, 7) is 2.80. The molecule has 2 rings (SSSR count). The molecule has 1 saturated carbocycles. The fourth-order valence-corrected chi connectivity index (χ4v) is 3.58. The number of halogens is 1. The van der Waals surface area contributed by atoms with Crippen molar-refractivity contribution in [3.05, 3.63) is 28.5 Å². The normalized spacial score (nSPS) is 20.0. The van der Waals surface area contributed by atoms with E-state index in [4.69, 9.17) is 10.6 Å². The van der Waals surface area contributed by atoms with Gasteiger partial charge in [0.15, 0.2) is 0 Å². The Morgan fingerprint density at radius 3 is 2.57 bits per heavy atom. The lowest BCUT2D eigenvalue weighted by Gasteiger charge is -2.39. The van der Waals surface area contributed by atoms with Gasteiger partial charge >= 0.3 is 0 Å². The second kappa shape index (κ2) is 8.22. The van der Waals surface area contributed by atoms with Crippen molar-refractivity contribution in [1.82, 2.24) is 10.4 Å². The van der Waals surface area contributed by atoms with Crippen molar-refractivity contribution >= 4 is 15.9 Å². The Kier molecular flexibility index (Phi) is 6.61. The molecule has 1 aromatic heterocycles. The quantitative estimate of drug-likeness (QED) is 0.466. The first-order chi connectivity index (χ1) is 10.2. The lowest BCUT2D eigenvalue weighted by Crippen LogP contribution is -2.56. The van der Waals surface area contributed by atoms with E-state index < -0.39 is 0 Å². The molecule has 1 fully saturated rings. The minimum absolute atomic E-state index is 0.101. The van der Waals surface area contributed by atoms with Crippen LogP contribution in [0.2, 0.25) is 0 Å². The maximum atomic E-state index is 6.22. The molecule has 0 spiro atoms. The summed E-state index contributed by atoms with van der Waals surface area (Å²) in [5.41, 5.74) is 3.90. The molecule has 21 heavy (non-hydrogen) atoms. The van der Waals surface area contributed by atoms with Gasteiger partial charge in [-0.2, -0.15) is 0 Å². The van der Waals surface area contributed by atoms with Gasteiger partial charge in [0.25, 0.3) is 0 Å². The van der Waals surface area contributed by atoms with Crippen molar-refractivity contribution in [2.24, 2.45) is 5.84 Å². The van der Waals surface area contributed by atoms with Gasteiger partial charge in [0.1, 0.15) is 0 Å². The number of rotatable bonds is 6. The summed E-state index contributed by atoms with van der Waals surface area (Å²) in [6.07, 6.45) is 9.80. The van der Waals surface area contributed by atoms with E-state index in [2.05, 4.69) is 33.3 Å². The molecule has 5 heteroatoms. The molecule has 118 valence electrons. The Morgan fingerprint density at radius 2 is 2.05 bits per heavy atom. The number of hydrazine groups is 1. The summed E-state index contributed by atoms with van der Waals surface area (Å²) >= 11 is 3.42. The monoisotopic (exact) mass is 355 g/mol. The zero-order valence-corrected chi connectivity index (χ0v) is 14.4. The summed E-state index contributed by atoms with van der Waals surface area (Å²) in [5, 5.41) is 0. The van der Waals surface area contributed by atoms with Crippen molar-refractivity contribution < 1.29 is 4.74 Å². The Bertz CT molecular complexity index is 416. The average molecular weight is 356 g/mol. The van der Waals surface area contributed by atoms with Crippen LogP contribution in [0.15, 0.2) is 22.8 Å². The van der Waals surface area contributed by atoms with Crippen molar-refractivity contribution in [1.29, 1.82) is 0 Å². The number of nitrogens with two attached hydrogens (primary N) is 1. The van der Waals surface area contributed by atoms with Crippen LogP contribution in [0, 0.1) is 0 Å². The first-order valence-corrected chi connectivity index (χ1v) is 8.70. The Morgan fingerprint density at radius 1 is 1.33 bits per heavy atom. The molecule has 1 unspecified atom stereocenters. The number of hydrogen-bond donors (Lipinski definition) is 2. The highest BCUT2D eigenvalue weighted by molar-refractivity contribution is 9.10. The molecule has 4 nitrogen and oxygen atoms in total. The molecule has 0 bridgehead atoms. The summed E-state index contributed by atoms with van der Waals surface area (Å²) in [6, 6.07) is 4.17. The van der Waals surface area contributed by atoms with Crippen molar-refractivity contribution in [2.75, 3.05) is 6.61 Å². The number of aromatic nitrogens is 1. The third-order valence-electron chi connectivity index (χ3n) is 4.42. The Hall–Kier alpha value is -0.490. The van der Waals surface area contributed by atoms with Gasteiger partial charge in [-0.3, -0.25) is 16.3 Å². The second-order valence-electron chi connectivity index (χ2n) is 5.80. The van der Waals surface area contributed by atoms with Crippen LogP contribution in [0.4, 0.5) is 0 Å². The molecule has 1 atom stereocenters. The average Bonchev–Trinajstić information content (AvgIpc) is 2.73. The topological polar surface area (TPSA) is 60.2 Å². The predicted molar refractivity (Wildman–Crippen MR) is 88.8 cm³/mol. The smallest absolute Gasteiger partial charge is 0.0851 e. The van der Waals surface area contributed by atoms with E-state index in [0.29, 0.717) is 0 Å². The molecule has 0 radical (unpaired) electrons. The fraction of sp³-hybridized carbons (Fsp3) is 0.688. The maximum absolute atomic E-state index is 6.22. The SMILES string of the molecule is CCOC1(C(Cc2ccc(Br)cn2)NN)CCCCCC1. The van der Waals surface area contributed by atoms with E-state index in [-0.39, 0.29) is 11.6 Å². The summed E-state index contributed by atoms with van der Waals surface area (Å²) in [4.78, 5) is 4.48. The number of pyridine rings is 1. The number of nitrogens with one attached hydrogen (secondary N) is 1. The van der Waals surface area contributed by atoms with Crippen LogP contribution in [0.3, 0.4) is 0 Å². The van der Waals surface area contributed by atoms with Crippen molar-refractivity contribution in [3.8, 4) is 0 Å². The summed E-state index contributed by atoms with van der Waals surface area (Å²) in [7, 11) is 0. The predicted octanol–water partition coefficient (Wildman–Crippen LogP) is 3.35. The summed E-state index contributed by atoms with van der Waals surface area (Å²) < 4.78 is 7.22. The molecule has 0 amide bonds. The van der Waals surface area contributed by atoms with E-state index in [1.165, 1.54) is 25.7 Å². The first kappa shape index (κ1) is 16.9. The first-order valence-electron chi connectivity index (χ1n) is 7.90. The van der Waals surface area contributed by atoms with E-state index in [1.54, 1.807) is 0 Å². The van der Waals surface area contributed by atoms with Crippen molar-refractivity contribution in [2.45, 2.75) is 63.5 Å². The van der Waals surface area contributed by atoms with E-state index >= 15 is 0 Å². The van der Waals surface area contributed by atoms with Crippen LogP contribution in [0.1, 0.15) is 51.1 Å².